The number of amidine groups is 1. The second-order valence-electron chi connectivity index (χ2n) is 6.99. The second kappa shape index (κ2) is 9.98. The summed E-state index contributed by atoms with van der Waals surface area (Å²) in [5.41, 5.74) is 6.44. The fourth-order valence-electron chi connectivity index (χ4n) is 2.83. The van der Waals surface area contributed by atoms with Gasteiger partial charge in [0.25, 0.3) is 5.95 Å². The fraction of sp³-hybridized carbons (Fsp3) is 0.300. The Bertz CT molecular complexity index is 976. The molecule has 4 rings (SSSR count). The zero-order valence-corrected chi connectivity index (χ0v) is 18.5. The van der Waals surface area contributed by atoms with E-state index in [0.717, 1.165) is 30.2 Å². The van der Waals surface area contributed by atoms with Crippen molar-refractivity contribution in [1.82, 2.24) is 30.7 Å². The van der Waals surface area contributed by atoms with Crippen LogP contribution in [0.5, 0.6) is 0 Å². The van der Waals surface area contributed by atoms with Crippen molar-refractivity contribution < 1.29 is 0 Å². The number of hydrazine groups is 1. The van der Waals surface area contributed by atoms with E-state index in [9.17, 15) is 0 Å². The Morgan fingerprint density at radius 3 is 2.80 bits per heavy atom. The molecule has 30 heavy (non-hydrogen) atoms. The van der Waals surface area contributed by atoms with E-state index in [4.69, 9.17) is 0 Å². The predicted octanol–water partition coefficient (Wildman–Crippen LogP) is 3.33. The van der Waals surface area contributed by atoms with E-state index >= 15 is 0 Å². The van der Waals surface area contributed by atoms with E-state index in [-0.39, 0.29) is 6.04 Å². The zero-order valence-electron chi connectivity index (χ0n) is 16.9. The molecule has 1 atom stereocenters. The molecular formula is C20H24N8S2. The smallest absolute Gasteiger partial charge is 0.256 e. The van der Waals surface area contributed by atoms with Crippen LogP contribution in [0.2, 0.25) is 0 Å². The van der Waals surface area contributed by atoms with Gasteiger partial charge in [-0.15, -0.1) is 11.3 Å². The maximum Gasteiger partial charge on any atom is 0.256 e. The molecule has 1 aromatic carbocycles. The average molecular weight is 441 g/mol. The molecule has 10 heteroatoms. The van der Waals surface area contributed by atoms with Crippen molar-refractivity contribution in [3.63, 3.8) is 0 Å². The van der Waals surface area contributed by atoms with Gasteiger partial charge in [-0.05, 0) is 49.4 Å². The molecular weight excluding hydrogens is 416 g/mol. The van der Waals surface area contributed by atoms with E-state index in [1.54, 1.807) is 11.3 Å². The van der Waals surface area contributed by atoms with E-state index in [2.05, 4.69) is 58.5 Å². The van der Waals surface area contributed by atoms with Crippen LogP contribution in [0.25, 0.3) is 0 Å². The Hall–Kier alpha value is -2.53. The number of benzene rings is 1. The maximum absolute atomic E-state index is 4.65. The Morgan fingerprint density at radius 2 is 2.03 bits per heavy atom. The van der Waals surface area contributed by atoms with E-state index in [1.165, 1.54) is 16.6 Å². The molecule has 0 aliphatic carbocycles. The van der Waals surface area contributed by atoms with Gasteiger partial charge in [0.2, 0.25) is 5.95 Å². The number of anilines is 1. The summed E-state index contributed by atoms with van der Waals surface area (Å²) >= 11 is 3.23. The molecule has 3 aromatic rings. The Balaban J connectivity index is 1.53. The summed E-state index contributed by atoms with van der Waals surface area (Å²) in [7, 11) is 4.07. The largest absolute Gasteiger partial charge is 0.353 e. The topological polar surface area (TPSA) is 90.4 Å². The third kappa shape index (κ3) is 5.76. The predicted molar refractivity (Wildman–Crippen MR) is 122 cm³/mol. The number of rotatable bonds is 8. The van der Waals surface area contributed by atoms with Crippen molar-refractivity contribution in [3.05, 3.63) is 52.7 Å². The molecule has 0 bridgehead atoms. The SMILES string of the molecule is CN(C)CCNc1nc(N=C2CC(c3cccs3)NN2)nc(Sc2ccccc2)n1. The van der Waals surface area contributed by atoms with Crippen molar-refractivity contribution in [1.29, 1.82) is 0 Å². The van der Waals surface area contributed by atoms with Crippen LogP contribution in [0.3, 0.4) is 0 Å². The van der Waals surface area contributed by atoms with Gasteiger partial charge in [-0.1, -0.05) is 24.3 Å². The molecule has 1 unspecified atom stereocenters. The molecule has 1 aliphatic rings. The number of nitrogens with one attached hydrogen (secondary N) is 3. The standard InChI is InChI=1S/C20H24N8S2/c1-28(2)11-10-21-18-23-19(25-20(24-18)30-14-7-4-3-5-8-14)22-17-13-15(26-27-17)16-9-6-12-29-16/h3-9,12,15,26H,10-11,13H2,1-2H3,(H2,21,22,23,24,25,27). The molecule has 3 heterocycles. The summed E-state index contributed by atoms with van der Waals surface area (Å²) in [6, 6.07) is 14.5. The van der Waals surface area contributed by atoms with Crippen LogP contribution in [-0.4, -0.2) is 52.9 Å². The van der Waals surface area contributed by atoms with E-state index in [1.807, 2.05) is 44.4 Å². The van der Waals surface area contributed by atoms with Gasteiger partial charge in [0.05, 0.1) is 6.04 Å². The van der Waals surface area contributed by atoms with Gasteiger partial charge in [-0.3, -0.25) is 0 Å². The Labute approximate surface area is 184 Å². The lowest BCUT2D eigenvalue weighted by molar-refractivity contribution is 0.425. The molecule has 3 N–H and O–H groups in total. The average Bonchev–Trinajstić information content (AvgIpc) is 3.40. The molecule has 1 saturated heterocycles. The van der Waals surface area contributed by atoms with E-state index < -0.39 is 0 Å². The van der Waals surface area contributed by atoms with Crippen molar-refractivity contribution >= 4 is 40.8 Å². The number of likely N-dealkylation sites (N-methyl/N-ethyl adjacent to an activating group) is 1. The van der Waals surface area contributed by atoms with Crippen molar-refractivity contribution in [2.24, 2.45) is 4.99 Å². The van der Waals surface area contributed by atoms with Crippen LogP contribution in [-0.2, 0) is 0 Å². The quantitative estimate of drug-likeness (QED) is 0.491. The minimum atomic E-state index is 0.210. The first-order valence-corrected chi connectivity index (χ1v) is 11.4. The first-order chi connectivity index (χ1) is 14.7. The van der Waals surface area contributed by atoms with Gasteiger partial charge >= 0.3 is 0 Å². The number of thiophene rings is 1. The van der Waals surface area contributed by atoms with Crippen LogP contribution in [0, 0.1) is 0 Å². The third-order valence-corrected chi connectivity index (χ3v) is 6.17. The Kier molecular flexibility index (Phi) is 6.90. The molecule has 8 nitrogen and oxygen atoms in total. The number of aromatic nitrogens is 3. The number of hydrogen-bond donors (Lipinski definition) is 3. The summed E-state index contributed by atoms with van der Waals surface area (Å²) in [5, 5.41) is 5.97. The molecule has 0 saturated carbocycles. The van der Waals surface area contributed by atoms with Crippen molar-refractivity contribution in [3.8, 4) is 0 Å². The number of hydrogen-bond acceptors (Lipinski definition) is 9. The summed E-state index contributed by atoms with van der Waals surface area (Å²) in [6.45, 7) is 1.62. The lowest BCUT2D eigenvalue weighted by Gasteiger charge is -2.11. The normalized spacial score (nSPS) is 17.4. The highest BCUT2D eigenvalue weighted by Gasteiger charge is 2.22. The Morgan fingerprint density at radius 1 is 1.17 bits per heavy atom. The highest BCUT2D eigenvalue weighted by atomic mass is 32.2. The van der Waals surface area contributed by atoms with Gasteiger partial charge in [0.15, 0.2) is 5.16 Å². The second-order valence-corrected chi connectivity index (χ2v) is 9.01. The number of nitrogens with zero attached hydrogens (tertiary/aromatic N) is 5. The van der Waals surface area contributed by atoms with Crippen LogP contribution >= 0.6 is 23.1 Å². The third-order valence-electron chi connectivity index (χ3n) is 4.31. The molecule has 2 aromatic heterocycles. The number of aliphatic imine (C=N–C) groups is 1. The van der Waals surface area contributed by atoms with Gasteiger partial charge in [0.1, 0.15) is 5.84 Å². The minimum absolute atomic E-state index is 0.210. The highest BCUT2D eigenvalue weighted by molar-refractivity contribution is 7.99. The molecule has 0 spiro atoms. The van der Waals surface area contributed by atoms with Crippen LogP contribution in [0.1, 0.15) is 17.3 Å². The molecule has 0 amide bonds. The monoisotopic (exact) mass is 440 g/mol. The van der Waals surface area contributed by atoms with Crippen LogP contribution in [0.4, 0.5) is 11.9 Å². The van der Waals surface area contributed by atoms with Gasteiger partial charge in [0, 0.05) is 29.3 Å². The highest BCUT2D eigenvalue weighted by Crippen LogP contribution is 2.27. The lowest BCUT2D eigenvalue weighted by Crippen LogP contribution is -2.27. The first-order valence-electron chi connectivity index (χ1n) is 9.66. The maximum atomic E-state index is 4.65. The molecule has 0 radical (unpaired) electrons. The minimum Gasteiger partial charge on any atom is -0.353 e. The summed E-state index contributed by atoms with van der Waals surface area (Å²) in [5.74, 6) is 1.74. The first kappa shape index (κ1) is 20.7. The van der Waals surface area contributed by atoms with Gasteiger partial charge in [-0.2, -0.15) is 19.9 Å². The molecule has 156 valence electrons. The van der Waals surface area contributed by atoms with Crippen LogP contribution in [0.15, 0.2) is 62.9 Å². The zero-order chi connectivity index (χ0) is 20.8. The van der Waals surface area contributed by atoms with Crippen LogP contribution < -0.4 is 16.2 Å². The summed E-state index contributed by atoms with van der Waals surface area (Å²) in [4.78, 5) is 22.7. The van der Waals surface area contributed by atoms with Gasteiger partial charge in [-0.25, -0.2) is 5.43 Å². The lowest BCUT2D eigenvalue weighted by atomic mass is 10.2. The molecule has 1 aliphatic heterocycles. The van der Waals surface area contributed by atoms with Crippen molar-refractivity contribution in [2.75, 3.05) is 32.5 Å². The molecule has 1 fully saturated rings. The summed E-state index contributed by atoms with van der Waals surface area (Å²) in [6.07, 6.45) is 0.761. The summed E-state index contributed by atoms with van der Waals surface area (Å²) < 4.78 is 0. The van der Waals surface area contributed by atoms with E-state index in [0.29, 0.717) is 17.1 Å². The van der Waals surface area contributed by atoms with Gasteiger partial charge < -0.3 is 15.6 Å². The van der Waals surface area contributed by atoms with Crippen molar-refractivity contribution in [2.45, 2.75) is 22.5 Å². The fourth-order valence-corrected chi connectivity index (χ4v) is 4.37.